The Kier molecular flexibility index (Phi) is 4.86. The molecule has 1 aromatic rings. The van der Waals surface area contributed by atoms with Gasteiger partial charge in [-0.05, 0) is 0 Å². The maximum atomic E-state index is 12.0. The molecule has 0 aliphatic carbocycles. The minimum Gasteiger partial charge on any atom is -0.408 e. The lowest BCUT2D eigenvalue weighted by atomic mass is 10.2. The molecule has 0 saturated carbocycles. The van der Waals surface area contributed by atoms with Gasteiger partial charge in [-0.15, -0.1) is 5.10 Å². The molecule has 1 aromatic heterocycles. The first-order valence-electron chi connectivity index (χ1n) is 6.84. The van der Waals surface area contributed by atoms with E-state index in [1.807, 2.05) is 13.8 Å². The number of nitrogens with one attached hydrogen (secondary N) is 2. The summed E-state index contributed by atoms with van der Waals surface area (Å²) in [5.74, 6) is -0.213. The summed E-state index contributed by atoms with van der Waals surface area (Å²) in [6, 6.07) is -0.423. The summed E-state index contributed by atoms with van der Waals surface area (Å²) in [6.07, 6.45) is 0. The lowest BCUT2D eigenvalue weighted by Crippen LogP contribution is -2.58. The van der Waals surface area contributed by atoms with Gasteiger partial charge in [0.25, 0.3) is 0 Å². The number of hydrogen-bond donors (Lipinski definition) is 3. The molecule has 21 heavy (non-hydrogen) atoms. The highest BCUT2D eigenvalue weighted by atomic mass is 16.4. The second kappa shape index (κ2) is 6.64. The van der Waals surface area contributed by atoms with Gasteiger partial charge in [-0.25, -0.2) is 0 Å². The van der Waals surface area contributed by atoms with Crippen molar-refractivity contribution in [1.82, 2.24) is 20.4 Å². The zero-order valence-corrected chi connectivity index (χ0v) is 12.1. The average molecular weight is 296 g/mol. The van der Waals surface area contributed by atoms with E-state index >= 15 is 0 Å². The van der Waals surface area contributed by atoms with Crippen LogP contribution in [0.15, 0.2) is 4.42 Å². The fourth-order valence-corrected chi connectivity index (χ4v) is 2.08. The van der Waals surface area contributed by atoms with Gasteiger partial charge in [-0.3, -0.25) is 19.8 Å². The molecule has 1 unspecified atom stereocenters. The molecule has 1 atom stereocenters. The number of rotatable bonds is 5. The fraction of sp³-hybridized carbons (Fsp3) is 0.667. The number of hydrogen-bond acceptors (Lipinski definition) is 7. The molecule has 1 saturated heterocycles. The van der Waals surface area contributed by atoms with Crippen molar-refractivity contribution in [1.29, 1.82) is 0 Å². The van der Waals surface area contributed by atoms with Gasteiger partial charge in [-0.2, -0.15) is 0 Å². The van der Waals surface area contributed by atoms with Crippen LogP contribution in [0.1, 0.15) is 25.7 Å². The van der Waals surface area contributed by atoms with Crippen LogP contribution in [-0.4, -0.2) is 59.1 Å². The van der Waals surface area contributed by atoms with Crippen LogP contribution in [-0.2, 0) is 9.59 Å². The number of anilines is 1. The normalized spacial score (nSPS) is 19.7. The van der Waals surface area contributed by atoms with E-state index in [1.165, 1.54) is 0 Å². The van der Waals surface area contributed by atoms with Crippen molar-refractivity contribution in [3.05, 3.63) is 5.89 Å². The topological polar surface area (TPSA) is 126 Å². The van der Waals surface area contributed by atoms with Gasteiger partial charge in [0.15, 0.2) is 0 Å². The molecule has 1 fully saturated rings. The van der Waals surface area contributed by atoms with Crippen LogP contribution in [0.3, 0.4) is 0 Å². The van der Waals surface area contributed by atoms with Crippen LogP contribution in [0.25, 0.3) is 0 Å². The first-order valence-corrected chi connectivity index (χ1v) is 6.84. The van der Waals surface area contributed by atoms with E-state index in [4.69, 9.17) is 10.2 Å². The van der Waals surface area contributed by atoms with Crippen LogP contribution in [0.4, 0.5) is 6.01 Å². The van der Waals surface area contributed by atoms with Crippen LogP contribution in [0.5, 0.6) is 0 Å². The molecular formula is C12H20N6O3. The molecule has 116 valence electrons. The number of carbonyl (C=O) groups excluding carboxylic acids is 2. The molecule has 0 bridgehead atoms. The van der Waals surface area contributed by atoms with E-state index in [0.717, 1.165) is 0 Å². The maximum Gasteiger partial charge on any atom is 0.322 e. The summed E-state index contributed by atoms with van der Waals surface area (Å²) in [4.78, 5) is 25.1. The fourth-order valence-electron chi connectivity index (χ4n) is 2.08. The van der Waals surface area contributed by atoms with Crippen LogP contribution < -0.4 is 16.4 Å². The summed E-state index contributed by atoms with van der Waals surface area (Å²) < 4.78 is 5.30. The predicted molar refractivity (Wildman–Crippen MR) is 74.4 cm³/mol. The SMILES string of the molecule is CC(C)c1nnc(NC(=O)CN2CCNCC2C(N)=O)o1. The number of aromatic nitrogens is 2. The number of piperazine rings is 1. The van der Waals surface area contributed by atoms with E-state index in [0.29, 0.717) is 25.5 Å². The predicted octanol–water partition coefficient (Wildman–Crippen LogP) is -1.11. The molecule has 1 aliphatic rings. The van der Waals surface area contributed by atoms with Gasteiger partial charge >= 0.3 is 6.01 Å². The quantitative estimate of drug-likeness (QED) is 0.629. The summed E-state index contributed by atoms with van der Waals surface area (Å²) in [7, 11) is 0. The number of amides is 2. The van der Waals surface area contributed by atoms with E-state index in [1.54, 1.807) is 4.90 Å². The Morgan fingerprint density at radius 3 is 2.90 bits per heavy atom. The van der Waals surface area contributed by atoms with E-state index < -0.39 is 11.9 Å². The van der Waals surface area contributed by atoms with Crippen molar-refractivity contribution in [3.8, 4) is 0 Å². The summed E-state index contributed by atoms with van der Waals surface area (Å²) in [5.41, 5.74) is 5.33. The summed E-state index contributed by atoms with van der Waals surface area (Å²) in [5, 5.41) is 13.2. The smallest absolute Gasteiger partial charge is 0.322 e. The largest absolute Gasteiger partial charge is 0.408 e. The van der Waals surface area contributed by atoms with Gasteiger partial charge in [0, 0.05) is 25.6 Å². The van der Waals surface area contributed by atoms with Crippen molar-refractivity contribution >= 4 is 17.8 Å². The highest BCUT2D eigenvalue weighted by Crippen LogP contribution is 2.14. The number of primary amides is 1. The van der Waals surface area contributed by atoms with Gasteiger partial charge < -0.3 is 15.5 Å². The molecule has 2 amide bonds. The Morgan fingerprint density at radius 2 is 2.29 bits per heavy atom. The molecular weight excluding hydrogens is 276 g/mol. The zero-order valence-electron chi connectivity index (χ0n) is 12.1. The molecule has 0 spiro atoms. The Hall–Kier alpha value is -2.00. The minimum absolute atomic E-state index is 0.0503. The molecule has 0 radical (unpaired) electrons. The highest BCUT2D eigenvalue weighted by Gasteiger charge is 2.28. The Bertz CT molecular complexity index is 515. The van der Waals surface area contributed by atoms with Crippen LogP contribution in [0.2, 0.25) is 0 Å². The summed E-state index contributed by atoms with van der Waals surface area (Å²) >= 11 is 0. The number of nitrogens with two attached hydrogens (primary N) is 1. The summed E-state index contributed by atoms with van der Waals surface area (Å²) in [6.45, 7) is 5.60. The highest BCUT2D eigenvalue weighted by molar-refractivity contribution is 5.91. The van der Waals surface area contributed by atoms with Crippen molar-refractivity contribution in [2.45, 2.75) is 25.8 Å². The van der Waals surface area contributed by atoms with Crippen molar-refractivity contribution in [2.75, 3.05) is 31.5 Å². The molecule has 9 heteroatoms. The van der Waals surface area contributed by atoms with Gasteiger partial charge in [-0.1, -0.05) is 18.9 Å². The third-order valence-corrected chi connectivity index (χ3v) is 3.21. The maximum absolute atomic E-state index is 12.0. The van der Waals surface area contributed by atoms with Crippen molar-refractivity contribution < 1.29 is 14.0 Å². The standard InChI is InChI=1S/C12H20N6O3/c1-7(2)11-16-17-12(21-11)15-9(19)6-18-4-3-14-5-8(18)10(13)20/h7-8,14H,3-6H2,1-2H3,(H2,13,20)(H,15,17,19). The number of carbonyl (C=O) groups is 2. The zero-order chi connectivity index (χ0) is 15.4. The van der Waals surface area contributed by atoms with Gasteiger partial charge in [0.1, 0.15) is 6.04 Å². The lowest BCUT2D eigenvalue weighted by molar-refractivity contribution is -0.125. The molecule has 1 aliphatic heterocycles. The van der Waals surface area contributed by atoms with Crippen molar-refractivity contribution in [2.24, 2.45) is 5.73 Å². The first-order chi connectivity index (χ1) is 9.97. The third kappa shape index (κ3) is 3.99. The van der Waals surface area contributed by atoms with Crippen molar-refractivity contribution in [3.63, 3.8) is 0 Å². The monoisotopic (exact) mass is 296 g/mol. The lowest BCUT2D eigenvalue weighted by Gasteiger charge is -2.33. The second-order valence-corrected chi connectivity index (χ2v) is 5.24. The Balaban J connectivity index is 1.92. The Morgan fingerprint density at radius 1 is 1.52 bits per heavy atom. The first kappa shape index (κ1) is 15.4. The average Bonchev–Trinajstić information content (AvgIpc) is 2.87. The molecule has 0 aromatic carbocycles. The van der Waals surface area contributed by atoms with E-state index in [-0.39, 0.29) is 24.4 Å². The number of nitrogens with zero attached hydrogens (tertiary/aromatic N) is 3. The molecule has 2 rings (SSSR count). The minimum atomic E-state index is -0.488. The van der Waals surface area contributed by atoms with Gasteiger partial charge in [0.05, 0.1) is 6.54 Å². The molecule has 4 N–H and O–H groups in total. The second-order valence-electron chi connectivity index (χ2n) is 5.24. The molecule has 2 heterocycles. The van der Waals surface area contributed by atoms with E-state index in [2.05, 4.69) is 20.8 Å². The van der Waals surface area contributed by atoms with E-state index in [9.17, 15) is 9.59 Å². The van der Waals surface area contributed by atoms with Gasteiger partial charge in [0.2, 0.25) is 17.7 Å². The Labute approximate surface area is 122 Å². The molecule has 9 nitrogen and oxygen atoms in total. The van der Waals surface area contributed by atoms with Crippen LogP contribution >= 0.6 is 0 Å². The third-order valence-electron chi connectivity index (χ3n) is 3.21. The van der Waals surface area contributed by atoms with Crippen LogP contribution in [0, 0.1) is 0 Å².